The van der Waals surface area contributed by atoms with Gasteiger partial charge in [-0.1, -0.05) is 37.6 Å². The van der Waals surface area contributed by atoms with Gasteiger partial charge >= 0.3 is 0 Å². The highest BCUT2D eigenvalue weighted by molar-refractivity contribution is 7.90. The van der Waals surface area contributed by atoms with E-state index in [2.05, 4.69) is 10.0 Å². The van der Waals surface area contributed by atoms with Crippen LogP contribution < -0.4 is 10.0 Å². The number of sulfonamides is 1. The van der Waals surface area contributed by atoms with Gasteiger partial charge in [-0.15, -0.1) is 11.3 Å². The molecule has 0 spiro atoms. The molecular weight excluding hydrogens is 408 g/mol. The van der Waals surface area contributed by atoms with Crippen molar-refractivity contribution in [2.45, 2.75) is 38.9 Å². The number of aryl methyl sites for hydroxylation is 1. The molecule has 2 rings (SSSR count). The van der Waals surface area contributed by atoms with Crippen molar-refractivity contribution in [3.63, 3.8) is 0 Å². The lowest BCUT2D eigenvalue weighted by Crippen LogP contribution is -2.37. The average Bonchev–Trinajstić information content (AvgIpc) is 2.96. The summed E-state index contributed by atoms with van der Waals surface area (Å²) in [4.78, 5) is 25.0. The van der Waals surface area contributed by atoms with Gasteiger partial charge in [0.15, 0.2) is 0 Å². The molecule has 0 bridgehead atoms. The lowest BCUT2D eigenvalue weighted by Gasteiger charge is -2.14. The third-order valence-electron chi connectivity index (χ3n) is 4.06. The fraction of sp³-hybridized carbons (Fsp3) is 0.333. The summed E-state index contributed by atoms with van der Waals surface area (Å²) in [5.41, 5.74) is 0.888. The Hall–Kier alpha value is -1.90. The molecule has 9 heteroatoms. The fourth-order valence-electron chi connectivity index (χ4n) is 2.58. The Balaban J connectivity index is 2.17. The van der Waals surface area contributed by atoms with Crippen LogP contribution in [0.25, 0.3) is 0 Å². The number of nitrogens with one attached hydrogen (secondary N) is 2. The Morgan fingerprint density at radius 1 is 1.15 bits per heavy atom. The Morgan fingerprint density at radius 2 is 1.78 bits per heavy atom. The van der Waals surface area contributed by atoms with Gasteiger partial charge in [-0.25, -0.2) is 13.1 Å². The standard InChI is InChI=1S/C18H21ClN2O4S2/c1-4-12(5-2)27(24,25)21-18(23)16-11(3)10-15(26-16)20-17(22)13-8-6-7-9-14(13)19/h6-10,12H,4-5H2,1-3H3,(H,20,22)(H,21,23). The van der Waals surface area contributed by atoms with E-state index in [1.165, 1.54) is 0 Å². The second kappa shape index (κ2) is 8.86. The van der Waals surface area contributed by atoms with Gasteiger partial charge in [0.25, 0.3) is 11.8 Å². The van der Waals surface area contributed by atoms with E-state index in [0.717, 1.165) is 11.3 Å². The Bertz CT molecular complexity index is 950. The first-order valence-corrected chi connectivity index (χ1v) is 11.2. The first kappa shape index (κ1) is 21.4. The van der Waals surface area contributed by atoms with Gasteiger partial charge < -0.3 is 5.32 Å². The highest BCUT2D eigenvalue weighted by atomic mass is 35.5. The zero-order valence-electron chi connectivity index (χ0n) is 15.2. The maximum Gasteiger partial charge on any atom is 0.275 e. The Morgan fingerprint density at radius 3 is 2.37 bits per heavy atom. The number of anilines is 1. The van der Waals surface area contributed by atoms with E-state index < -0.39 is 27.1 Å². The van der Waals surface area contributed by atoms with E-state index in [4.69, 9.17) is 11.6 Å². The normalized spacial score (nSPS) is 11.4. The molecule has 0 radical (unpaired) electrons. The number of rotatable bonds is 7. The van der Waals surface area contributed by atoms with E-state index in [1.807, 2.05) is 0 Å². The number of carbonyl (C=O) groups is 2. The molecule has 6 nitrogen and oxygen atoms in total. The minimum Gasteiger partial charge on any atom is -0.313 e. The summed E-state index contributed by atoms with van der Waals surface area (Å²) in [7, 11) is -3.75. The van der Waals surface area contributed by atoms with E-state index in [9.17, 15) is 18.0 Å². The maximum atomic E-state index is 12.4. The highest BCUT2D eigenvalue weighted by Gasteiger charge is 2.26. The average molecular weight is 429 g/mol. The predicted octanol–water partition coefficient (Wildman–Crippen LogP) is 4.21. The van der Waals surface area contributed by atoms with Crippen molar-refractivity contribution in [3.05, 3.63) is 51.4 Å². The molecule has 2 N–H and O–H groups in total. The molecule has 0 aliphatic carbocycles. The van der Waals surface area contributed by atoms with Crippen molar-refractivity contribution in [1.82, 2.24) is 4.72 Å². The van der Waals surface area contributed by atoms with Crippen molar-refractivity contribution < 1.29 is 18.0 Å². The van der Waals surface area contributed by atoms with Crippen LogP contribution in [0.2, 0.25) is 5.02 Å². The lowest BCUT2D eigenvalue weighted by molar-refractivity contribution is 0.0982. The predicted molar refractivity (Wildman–Crippen MR) is 109 cm³/mol. The Kier molecular flexibility index (Phi) is 7.02. The van der Waals surface area contributed by atoms with Gasteiger partial charge in [0.1, 0.15) is 0 Å². The number of hydrogen-bond donors (Lipinski definition) is 2. The number of benzene rings is 1. The first-order chi connectivity index (χ1) is 12.7. The molecule has 0 saturated heterocycles. The molecule has 0 unspecified atom stereocenters. The molecule has 146 valence electrons. The molecule has 2 aromatic rings. The molecule has 0 aliphatic rings. The smallest absolute Gasteiger partial charge is 0.275 e. The van der Waals surface area contributed by atoms with Gasteiger partial charge in [0.05, 0.1) is 25.7 Å². The molecule has 0 atom stereocenters. The molecule has 0 aliphatic heterocycles. The van der Waals surface area contributed by atoms with Crippen molar-refractivity contribution in [2.75, 3.05) is 5.32 Å². The molecule has 0 saturated carbocycles. The van der Waals surface area contributed by atoms with Gasteiger partial charge in [0, 0.05) is 0 Å². The van der Waals surface area contributed by atoms with Crippen LogP contribution in [0.1, 0.15) is 52.3 Å². The van der Waals surface area contributed by atoms with E-state index in [-0.39, 0.29) is 4.88 Å². The van der Waals surface area contributed by atoms with Crippen molar-refractivity contribution in [1.29, 1.82) is 0 Å². The van der Waals surface area contributed by atoms with Crippen molar-refractivity contribution in [2.24, 2.45) is 0 Å². The summed E-state index contributed by atoms with van der Waals surface area (Å²) >= 11 is 7.03. The minimum absolute atomic E-state index is 0.235. The molecule has 2 amide bonds. The molecule has 0 fully saturated rings. The zero-order valence-corrected chi connectivity index (χ0v) is 17.6. The SMILES string of the molecule is CCC(CC)S(=O)(=O)NC(=O)c1sc(NC(=O)c2ccccc2Cl)cc1C. The first-order valence-electron chi connectivity index (χ1n) is 8.41. The van der Waals surface area contributed by atoms with Crippen molar-refractivity contribution in [3.8, 4) is 0 Å². The summed E-state index contributed by atoms with van der Waals surface area (Å²) in [5, 5.41) is 2.81. The lowest BCUT2D eigenvalue weighted by atomic mass is 10.2. The number of halogens is 1. The molecule has 27 heavy (non-hydrogen) atoms. The van der Waals surface area contributed by atoms with Crippen LogP contribution >= 0.6 is 22.9 Å². The summed E-state index contributed by atoms with van der Waals surface area (Å²) in [5.74, 6) is -1.10. The molecule has 1 aromatic heterocycles. The second-order valence-electron chi connectivity index (χ2n) is 5.97. The summed E-state index contributed by atoms with van der Waals surface area (Å²) in [6, 6.07) is 8.24. The van der Waals surface area contributed by atoms with Gasteiger partial charge in [0.2, 0.25) is 10.0 Å². The summed E-state index contributed by atoms with van der Waals surface area (Å²) in [6.07, 6.45) is 0.837. The van der Waals surface area contributed by atoms with Crippen LogP contribution in [-0.4, -0.2) is 25.5 Å². The van der Waals surface area contributed by atoms with Crippen LogP contribution in [0.15, 0.2) is 30.3 Å². The monoisotopic (exact) mass is 428 g/mol. The highest BCUT2D eigenvalue weighted by Crippen LogP contribution is 2.28. The van der Waals surface area contributed by atoms with Crippen LogP contribution in [0.4, 0.5) is 5.00 Å². The fourth-order valence-corrected chi connectivity index (χ4v) is 5.23. The summed E-state index contributed by atoms with van der Waals surface area (Å²) in [6.45, 7) is 5.20. The van der Waals surface area contributed by atoms with Crippen LogP contribution in [0, 0.1) is 6.92 Å². The third-order valence-corrected chi connectivity index (χ3v) is 7.56. The van der Waals surface area contributed by atoms with E-state index in [1.54, 1.807) is 51.1 Å². The molecule has 1 heterocycles. The third kappa shape index (κ3) is 5.09. The number of carbonyl (C=O) groups excluding carboxylic acids is 2. The molecular formula is C18H21ClN2O4S2. The number of thiophene rings is 1. The Labute approximate surface area is 168 Å². The van der Waals surface area contributed by atoms with E-state index in [0.29, 0.717) is 34.0 Å². The summed E-state index contributed by atoms with van der Waals surface area (Å²) < 4.78 is 26.7. The molecule has 1 aromatic carbocycles. The minimum atomic E-state index is -3.75. The van der Waals surface area contributed by atoms with Crippen molar-refractivity contribution >= 4 is 49.8 Å². The van der Waals surface area contributed by atoms with Crippen LogP contribution in [0.5, 0.6) is 0 Å². The van der Waals surface area contributed by atoms with Gasteiger partial charge in [-0.3, -0.25) is 9.59 Å². The van der Waals surface area contributed by atoms with Crippen LogP contribution in [-0.2, 0) is 10.0 Å². The maximum absolute atomic E-state index is 12.4. The number of amides is 2. The largest absolute Gasteiger partial charge is 0.313 e. The second-order valence-corrected chi connectivity index (χ2v) is 9.39. The van der Waals surface area contributed by atoms with Crippen LogP contribution in [0.3, 0.4) is 0 Å². The van der Waals surface area contributed by atoms with Gasteiger partial charge in [-0.05, 0) is 43.5 Å². The van der Waals surface area contributed by atoms with Gasteiger partial charge in [-0.2, -0.15) is 0 Å². The zero-order chi connectivity index (χ0) is 20.2. The van der Waals surface area contributed by atoms with E-state index >= 15 is 0 Å². The topological polar surface area (TPSA) is 92.3 Å². The quantitative estimate of drug-likeness (QED) is 0.690. The number of hydrogen-bond acceptors (Lipinski definition) is 5.